The number of nitrogens with zero attached hydrogens (tertiary/aromatic N) is 3. The SMILES string of the molecule is N#Cc1c(C(F)F)cc(I)nc1[N+](=O)[O-]. The van der Waals surface area contributed by atoms with Crippen molar-refractivity contribution in [3.8, 4) is 6.07 Å². The molecule has 0 saturated heterocycles. The number of hydrogen-bond acceptors (Lipinski definition) is 4. The summed E-state index contributed by atoms with van der Waals surface area (Å²) in [5.41, 5.74) is -1.35. The van der Waals surface area contributed by atoms with Gasteiger partial charge in [-0.15, -0.1) is 0 Å². The minimum absolute atomic E-state index is 0.0496. The lowest BCUT2D eigenvalue weighted by Crippen LogP contribution is -2.02. The quantitative estimate of drug-likeness (QED) is 0.362. The van der Waals surface area contributed by atoms with Gasteiger partial charge in [-0.05, 0) is 9.91 Å². The fraction of sp³-hybridized carbons (Fsp3) is 0.143. The Morgan fingerprint density at radius 3 is 2.67 bits per heavy atom. The summed E-state index contributed by atoms with van der Waals surface area (Å²) in [5, 5.41) is 19.0. The predicted molar refractivity (Wildman–Crippen MR) is 53.3 cm³/mol. The third kappa shape index (κ3) is 2.35. The molecule has 1 rings (SSSR count). The summed E-state index contributed by atoms with van der Waals surface area (Å²) in [6, 6.07) is 2.32. The molecule has 1 heterocycles. The number of hydrogen-bond donors (Lipinski definition) is 0. The van der Waals surface area contributed by atoms with Crippen LogP contribution in [0.3, 0.4) is 0 Å². The van der Waals surface area contributed by atoms with Crippen LogP contribution in [-0.4, -0.2) is 9.91 Å². The molecule has 0 amide bonds. The van der Waals surface area contributed by atoms with E-state index in [4.69, 9.17) is 5.26 Å². The van der Waals surface area contributed by atoms with E-state index in [9.17, 15) is 18.9 Å². The number of pyridine rings is 1. The van der Waals surface area contributed by atoms with Crippen LogP contribution >= 0.6 is 22.6 Å². The molecule has 0 saturated carbocycles. The Labute approximate surface area is 96.0 Å². The molecule has 0 spiro atoms. The summed E-state index contributed by atoms with van der Waals surface area (Å²) in [5.74, 6) is -0.834. The van der Waals surface area contributed by atoms with Gasteiger partial charge in [-0.1, -0.05) is 0 Å². The molecule has 0 atom stereocenters. The summed E-state index contributed by atoms with van der Waals surface area (Å²) >= 11 is 1.57. The Morgan fingerprint density at radius 1 is 1.67 bits per heavy atom. The van der Waals surface area contributed by atoms with E-state index in [2.05, 4.69) is 4.98 Å². The third-order valence-electron chi connectivity index (χ3n) is 1.52. The molecular weight excluding hydrogens is 323 g/mol. The molecule has 0 radical (unpaired) electrons. The van der Waals surface area contributed by atoms with Crippen molar-refractivity contribution in [2.24, 2.45) is 0 Å². The largest absolute Gasteiger partial charge is 0.383 e. The van der Waals surface area contributed by atoms with E-state index < -0.39 is 28.3 Å². The van der Waals surface area contributed by atoms with Crippen molar-refractivity contribution in [3.05, 3.63) is 31.0 Å². The first-order valence-electron chi connectivity index (χ1n) is 3.50. The van der Waals surface area contributed by atoms with Gasteiger partial charge in [0.1, 0.15) is 6.07 Å². The first-order chi connectivity index (χ1) is 6.97. The van der Waals surface area contributed by atoms with Crippen molar-refractivity contribution >= 4 is 28.4 Å². The van der Waals surface area contributed by atoms with E-state index >= 15 is 0 Å². The predicted octanol–water partition coefficient (Wildman–Crippen LogP) is 2.40. The molecule has 1 aromatic rings. The van der Waals surface area contributed by atoms with E-state index in [1.165, 1.54) is 6.07 Å². The standard InChI is InChI=1S/C7H2F2IN3O2/c8-6(9)3-1-5(10)12-7(13(14)15)4(3)2-11/h1,6H. The van der Waals surface area contributed by atoms with Crippen molar-refractivity contribution < 1.29 is 13.7 Å². The van der Waals surface area contributed by atoms with Crippen molar-refractivity contribution in [3.63, 3.8) is 0 Å². The van der Waals surface area contributed by atoms with Gasteiger partial charge >= 0.3 is 5.82 Å². The zero-order chi connectivity index (χ0) is 11.6. The summed E-state index contributed by atoms with van der Waals surface area (Å²) < 4.78 is 24.9. The van der Waals surface area contributed by atoms with Crippen molar-refractivity contribution in [1.29, 1.82) is 5.26 Å². The highest BCUT2D eigenvalue weighted by Crippen LogP contribution is 2.28. The molecule has 0 fully saturated rings. The molecule has 0 unspecified atom stereocenters. The fourth-order valence-corrected chi connectivity index (χ4v) is 1.50. The van der Waals surface area contributed by atoms with Crippen molar-refractivity contribution in [2.45, 2.75) is 6.43 Å². The molecule has 0 aliphatic rings. The number of nitro groups is 1. The second-order valence-electron chi connectivity index (χ2n) is 2.40. The van der Waals surface area contributed by atoms with Gasteiger partial charge < -0.3 is 10.1 Å². The van der Waals surface area contributed by atoms with Gasteiger partial charge in [-0.25, -0.2) is 8.78 Å². The van der Waals surface area contributed by atoms with Gasteiger partial charge in [0.05, 0.1) is 0 Å². The maximum Gasteiger partial charge on any atom is 0.383 e. The van der Waals surface area contributed by atoms with Gasteiger partial charge in [-0.2, -0.15) is 5.26 Å². The van der Waals surface area contributed by atoms with Gasteiger partial charge in [-0.3, -0.25) is 0 Å². The number of aromatic nitrogens is 1. The molecule has 8 heteroatoms. The molecule has 0 aromatic carbocycles. The lowest BCUT2D eigenvalue weighted by molar-refractivity contribution is -0.390. The second kappa shape index (κ2) is 4.43. The first-order valence-corrected chi connectivity index (χ1v) is 4.58. The fourth-order valence-electron chi connectivity index (χ4n) is 0.938. The van der Waals surface area contributed by atoms with Crippen LogP contribution in [0.25, 0.3) is 0 Å². The normalized spacial score (nSPS) is 10.1. The van der Waals surface area contributed by atoms with Crippen molar-refractivity contribution in [2.75, 3.05) is 0 Å². The first kappa shape index (κ1) is 11.7. The van der Waals surface area contributed by atoms with Crippen LogP contribution in [0, 0.1) is 25.1 Å². The molecule has 0 aliphatic heterocycles. The lowest BCUT2D eigenvalue weighted by Gasteiger charge is -2.02. The lowest BCUT2D eigenvalue weighted by atomic mass is 10.1. The van der Waals surface area contributed by atoms with E-state index in [1.807, 2.05) is 0 Å². The number of nitriles is 1. The number of halogens is 3. The van der Waals surface area contributed by atoms with Crippen LogP contribution in [-0.2, 0) is 0 Å². The topological polar surface area (TPSA) is 79.8 Å². The Kier molecular flexibility index (Phi) is 3.46. The van der Waals surface area contributed by atoms with E-state index in [1.54, 1.807) is 22.6 Å². The van der Waals surface area contributed by atoms with E-state index in [0.717, 1.165) is 6.07 Å². The summed E-state index contributed by atoms with van der Waals surface area (Å²) in [4.78, 5) is 12.9. The Balaban J connectivity index is 3.54. The minimum Gasteiger partial charge on any atom is -0.358 e. The zero-order valence-electron chi connectivity index (χ0n) is 6.95. The van der Waals surface area contributed by atoms with Crippen LogP contribution < -0.4 is 0 Å². The Hall–Kier alpha value is -1.37. The van der Waals surface area contributed by atoms with E-state index in [-0.39, 0.29) is 3.70 Å². The molecule has 15 heavy (non-hydrogen) atoms. The second-order valence-corrected chi connectivity index (χ2v) is 3.51. The molecule has 0 bridgehead atoms. The molecule has 0 N–H and O–H groups in total. The molecule has 1 aromatic heterocycles. The average Bonchev–Trinajstić information content (AvgIpc) is 2.16. The monoisotopic (exact) mass is 325 g/mol. The molecule has 78 valence electrons. The molecule has 0 aliphatic carbocycles. The number of rotatable bonds is 2. The highest BCUT2D eigenvalue weighted by molar-refractivity contribution is 14.1. The van der Waals surface area contributed by atoms with Gasteiger partial charge in [0, 0.05) is 34.2 Å². The maximum absolute atomic E-state index is 12.4. The van der Waals surface area contributed by atoms with Gasteiger partial charge in [0.25, 0.3) is 6.43 Å². The van der Waals surface area contributed by atoms with Crippen LogP contribution in [0.5, 0.6) is 0 Å². The van der Waals surface area contributed by atoms with Crippen LogP contribution in [0.1, 0.15) is 17.6 Å². The van der Waals surface area contributed by atoms with E-state index in [0.29, 0.717) is 0 Å². The number of alkyl halides is 2. The average molecular weight is 325 g/mol. The molecule has 5 nitrogen and oxygen atoms in total. The highest BCUT2D eigenvalue weighted by atomic mass is 127. The summed E-state index contributed by atoms with van der Waals surface area (Å²) in [6.07, 6.45) is -2.94. The smallest absolute Gasteiger partial charge is 0.358 e. The minimum atomic E-state index is -2.94. The van der Waals surface area contributed by atoms with Crippen LogP contribution in [0.2, 0.25) is 0 Å². The van der Waals surface area contributed by atoms with Crippen molar-refractivity contribution in [1.82, 2.24) is 4.98 Å². The summed E-state index contributed by atoms with van der Waals surface area (Å²) in [6.45, 7) is 0. The van der Waals surface area contributed by atoms with Gasteiger partial charge in [0.15, 0.2) is 5.56 Å². The zero-order valence-corrected chi connectivity index (χ0v) is 9.10. The Morgan fingerprint density at radius 2 is 2.27 bits per heavy atom. The third-order valence-corrected chi connectivity index (χ3v) is 2.07. The van der Waals surface area contributed by atoms with Gasteiger partial charge in [0.2, 0.25) is 3.70 Å². The Bertz CT molecular complexity index is 458. The maximum atomic E-state index is 12.4. The summed E-state index contributed by atoms with van der Waals surface area (Å²) in [7, 11) is 0. The highest BCUT2D eigenvalue weighted by Gasteiger charge is 2.26. The van der Waals surface area contributed by atoms with Crippen LogP contribution in [0.15, 0.2) is 6.07 Å². The molecular formula is C7H2F2IN3O2. The van der Waals surface area contributed by atoms with Crippen LogP contribution in [0.4, 0.5) is 14.6 Å².